The Labute approximate surface area is 139 Å². The molecular weight excluding hydrogens is 308 g/mol. The predicted octanol–water partition coefficient (Wildman–Crippen LogP) is 3.74. The lowest BCUT2D eigenvalue weighted by Crippen LogP contribution is -2.34. The van der Waals surface area contributed by atoms with Gasteiger partial charge in [0.25, 0.3) is 0 Å². The first-order valence-electron chi connectivity index (χ1n) is 7.81. The fourth-order valence-corrected chi connectivity index (χ4v) is 3.48. The largest absolute Gasteiger partial charge is 0.358 e. The van der Waals surface area contributed by atoms with Crippen LogP contribution in [0.4, 0.5) is 0 Å². The second kappa shape index (κ2) is 5.84. The summed E-state index contributed by atoms with van der Waals surface area (Å²) in [7, 11) is 0. The van der Waals surface area contributed by atoms with E-state index in [0.29, 0.717) is 6.54 Å². The Balaban J connectivity index is 1.68. The lowest BCUT2D eigenvalue weighted by molar-refractivity contribution is 0.243. The van der Waals surface area contributed by atoms with Gasteiger partial charge < -0.3 is 4.98 Å². The Hall–Kier alpha value is -2.10. The molecule has 116 valence electrons. The van der Waals surface area contributed by atoms with Crippen LogP contribution in [0.15, 0.2) is 53.3 Å². The molecule has 2 heterocycles. The number of rotatable bonds is 2. The fourth-order valence-electron chi connectivity index (χ4n) is 3.28. The van der Waals surface area contributed by atoms with Gasteiger partial charge in [-0.25, -0.2) is 0 Å². The molecule has 0 saturated carbocycles. The van der Waals surface area contributed by atoms with Gasteiger partial charge in [-0.1, -0.05) is 41.9 Å². The third-order valence-corrected chi connectivity index (χ3v) is 4.88. The average Bonchev–Trinajstić information content (AvgIpc) is 2.58. The molecule has 1 aliphatic rings. The van der Waals surface area contributed by atoms with Crippen molar-refractivity contribution in [2.45, 2.75) is 19.5 Å². The van der Waals surface area contributed by atoms with Crippen LogP contribution in [-0.4, -0.2) is 16.4 Å². The molecule has 1 aliphatic heterocycles. The molecule has 3 nitrogen and oxygen atoms in total. The summed E-state index contributed by atoms with van der Waals surface area (Å²) < 4.78 is 0. The van der Waals surface area contributed by atoms with Crippen LogP contribution < -0.4 is 5.43 Å². The molecule has 0 radical (unpaired) electrons. The van der Waals surface area contributed by atoms with Gasteiger partial charge in [0.2, 0.25) is 0 Å². The maximum Gasteiger partial charge on any atom is 0.194 e. The maximum absolute atomic E-state index is 12.8. The summed E-state index contributed by atoms with van der Waals surface area (Å²) in [4.78, 5) is 18.5. The van der Waals surface area contributed by atoms with Crippen molar-refractivity contribution in [2.24, 2.45) is 0 Å². The van der Waals surface area contributed by atoms with Gasteiger partial charge >= 0.3 is 0 Å². The second-order valence-electron chi connectivity index (χ2n) is 6.01. The number of aromatic nitrogens is 1. The minimum absolute atomic E-state index is 0.151. The van der Waals surface area contributed by atoms with E-state index in [9.17, 15) is 4.79 Å². The van der Waals surface area contributed by atoms with E-state index in [0.717, 1.165) is 52.3 Å². The summed E-state index contributed by atoms with van der Waals surface area (Å²) in [6.45, 7) is 2.36. The van der Waals surface area contributed by atoms with Crippen LogP contribution in [-0.2, 0) is 19.5 Å². The van der Waals surface area contributed by atoms with Crippen LogP contribution in [0.2, 0.25) is 5.02 Å². The standard InChI is InChI=1S/C19H17ClN2O/c20-16-7-3-1-5-13(16)11-22-10-9-18-15(12-22)19(23)14-6-2-4-8-17(14)21-18/h1-8H,9-12H2,(H,21,23). The van der Waals surface area contributed by atoms with Crippen molar-refractivity contribution < 1.29 is 0 Å². The first-order valence-corrected chi connectivity index (χ1v) is 8.19. The molecule has 0 bridgehead atoms. The maximum atomic E-state index is 12.8. The minimum Gasteiger partial charge on any atom is -0.358 e. The van der Waals surface area contributed by atoms with Gasteiger partial charge in [-0.3, -0.25) is 9.69 Å². The number of pyridine rings is 1. The van der Waals surface area contributed by atoms with Crippen molar-refractivity contribution in [1.29, 1.82) is 0 Å². The van der Waals surface area contributed by atoms with Gasteiger partial charge in [0.05, 0.1) is 0 Å². The molecule has 23 heavy (non-hydrogen) atoms. The Morgan fingerprint density at radius 1 is 1.09 bits per heavy atom. The van der Waals surface area contributed by atoms with Gasteiger partial charge in [-0.15, -0.1) is 0 Å². The average molecular weight is 325 g/mol. The van der Waals surface area contributed by atoms with Gasteiger partial charge in [0, 0.05) is 53.2 Å². The van der Waals surface area contributed by atoms with Crippen molar-refractivity contribution in [3.63, 3.8) is 0 Å². The molecule has 0 fully saturated rings. The monoisotopic (exact) mass is 324 g/mol. The molecule has 3 aromatic rings. The Kier molecular flexibility index (Phi) is 3.68. The van der Waals surface area contributed by atoms with E-state index < -0.39 is 0 Å². The number of fused-ring (bicyclic) bond motifs is 2. The van der Waals surface area contributed by atoms with E-state index >= 15 is 0 Å². The lowest BCUT2D eigenvalue weighted by Gasteiger charge is -2.28. The molecule has 0 spiro atoms. The second-order valence-corrected chi connectivity index (χ2v) is 6.42. The molecule has 4 heteroatoms. The van der Waals surface area contributed by atoms with Crippen LogP contribution in [0.5, 0.6) is 0 Å². The van der Waals surface area contributed by atoms with Crippen LogP contribution in [0.3, 0.4) is 0 Å². The summed E-state index contributed by atoms with van der Waals surface area (Å²) in [6, 6.07) is 15.6. The molecule has 2 aromatic carbocycles. The number of H-pyrrole nitrogens is 1. The highest BCUT2D eigenvalue weighted by molar-refractivity contribution is 6.31. The fraction of sp³-hybridized carbons (Fsp3) is 0.211. The smallest absolute Gasteiger partial charge is 0.194 e. The molecule has 1 N–H and O–H groups in total. The van der Waals surface area contributed by atoms with E-state index in [2.05, 4.69) is 9.88 Å². The zero-order valence-corrected chi connectivity index (χ0v) is 13.4. The highest BCUT2D eigenvalue weighted by Crippen LogP contribution is 2.22. The summed E-state index contributed by atoms with van der Waals surface area (Å²) in [6.07, 6.45) is 0.861. The molecule has 4 rings (SSSR count). The summed E-state index contributed by atoms with van der Waals surface area (Å²) in [5.41, 5.74) is 4.15. The zero-order chi connectivity index (χ0) is 15.8. The normalized spacial score (nSPS) is 14.8. The van der Waals surface area contributed by atoms with Crippen molar-refractivity contribution in [1.82, 2.24) is 9.88 Å². The number of hydrogen-bond acceptors (Lipinski definition) is 2. The van der Waals surface area contributed by atoms with E-state index in [1.807, 2.05) is 48.5 Å². The molecule has 1 aromatic heterocycles. The van der Waals surface area contributed by atoms with Gasteiger partial charge in [0.15, 0.2) is 5.43 Å². The van der Waals surface area contributed by atoms with Gasteiger partial charge in [0.1, 0.15) is 0 Å². The first-order chi connectivity index (χ1) is 11.2. The Morgan fingerprint density at radius 2 is 1.87 bits per heavy atom. The zero-order valence-electron chi connectivity index (χ0n) is 12.7. The third-order valence-electron chi connectivity index (χ3n) is 4.51. The summed E-state index contributed by atoms with van der Waals surface area (Å²) >= 11 is 6.26. The molecule has 0 atom stereocenters. The highest BCUT2D eigenvalue weighted by Gasteiger charge is 2.21. The number of nitrogens with one attached hydrogen (secondary N) is 1. The predicted molar refractivity (Wildman–Crippen MR) is 93.8 cm³/mol. The molecule has 0 unspecified atom stereocenters. The van der Waals surface area contributed by atoms with Crippen molar-refractivity contribution >= 4 is 22.5 Å². The van der Waals surface area contributed by atoms with Crippen molar-refractivity contribution in [2.75, 3.05) is 6.54 Å². The van der Waals surface area contributed by atoms with Gasteiger partial charge in [-0.05, 0) is 23.8 Å². The minimum atomic E-state index is 0.151. The van der Waals surface area contributed by atoms with Crippen molar-refractivity contribution in [3.8, 4) is 0 Å². The van der Waals surface area contributed by atoms with Crippen LogP contribution in [0.1, 0.15) is 16.8 Å². The quantitative estimate of drug-likeness (QED) is 0.779. The van der Waals surface area contributed by atoms with E-state index in [4.69, 9.17) is 11.6 Å². The topological polar surface area (TPSA) is 36.1 Å². The molecule has 0 amide bonds. The summed E-state index contributed by atoms with van der Waals surface area (Å²) in [5, 5.41) is 1.55. The molecular formula is C19H17ClN2O. The first kappa shape index (κ1) is 14.5. The van der Waals surface area contributed by atoms with Gasteiger partial charge in [-0.2, -0.15) is 0 Å². The van der Waals surface area contributed by atoms with Crippen molar-refractivity contribution in [3.05, 3.63) is 80.6 Å². The van der Waals surface area contributed by atoms with E-state index in [1.54, 1.807) is 0 Å². The number of aromatic amines is 1. The van der Waals surface area contributed by atoms with Crippen LogP contribution in [0, 0.1) is 0 Å². The summed E-state index contributed by atoms with van der Waals surface area (Å²) in [5.74, 6) is 0. The number of halogens is 1. The Morgan fingerprint density at radius 3 is 2.74 bits per heavy atom. The molecule has 0 aliphatic carbocycles. The number of nitrogens with zero attached hydrogens (tertiary/aromatic N) is 1. The number of para-hydroxylation sites is 1. The Bertz CT molecular complexity index is 932. The molecule has 0 saturated heterocycles. The number of hydrogen-bond donors (Lipinski definition) is 1. The highest BCUT2D eigenvalue weighted by atomic mass is 35.5. The van der Waals surface area contributed by atoms with E-state index in [1.165, 1.54) is 0 Å². The third kappa shape index (κ3) is 2.67. The SMILES string of the molecule is O=c1c2c([nH]c3ccccc13)CCN(Cc1ccccc1Cl)C2. The van der Waals surface area contributed by atoms with Crippen LogP contribution in [0.25, 0.3) is 10.9 Å². The lowest BCUT2D eigenvalue weighted by atomic mass is 10.0. The number of benzene rings is 2. The van der Waals surface area contributed by atoms with E-state index in [-0.39, 0.29) is 5.43 Å². The van der Waals surface area contributed by atoms with Crippen LogP contribution >= 0.6 is 11.6 Å².